The molecule has 30 heavy (non-hydrogen) atoms. The molecule has 0 saturated heterocycles. The van der Waals surface area contributed by atoms with Crippen molar-refractivity contribution in [2.75, 3.05) is 0 Å². The van der Waals surface area contributed by atoms with E-state index in [-0.39, 0.29) is 57.7 Å². The quantitative estimate of drug-likeness (QED) is 0.514. The Morgan fingerprint density at radius 2 is 1.87 bits per heavy atom. The number of carbonyl (C=O) groups excluding carboxylic acids is 2. The SMILES string of the molecule is CC(C)CC(=O)c1c(O)c(C=O)c2c(c1O)C[C@@]1(C(C)C)C[C@H]3C[C@H]([C@H]1O2)C3(C)C. The Bertz CT molecular complexity index is 913. The smallest absolute Gasteiger partial charge is 0.170 e. The molecule has 1 aromatic carbocycles. The fraction of sp³-hybridized carbons (Fsp3) is 0.680. The van der Waals surface area contributed by atoms with E-state index >= 15 is 0 Å². The minimum Gasteiger partial charge on any atom is -0.507 e. The van der Waals surface area contributed by atoms with E-state index in [1.165, 1.54) is 0 Å². The number of ketones is 1. The van der Waals surface area contributed by atoms with E-state index in [1.54, 1.807) is 0 Å². The molecule has 1 heterocycles. The molecule has 3 aliphatic carbocycles. The van der Waals surface area contributed by atoms with E-state index in [2.05, 4.69) is 27.7 Å². The maximum absolute atomic E-state index is 12.8. The molecule has 0 spiro atoms. The highest BCUT2D eigenvalue weighted by Gasteiger charge is 2.66. The second-order valence-corrected chi connectivity index (χ2v) is 11.1. The van der Waals surface area contributed by atoms with Crippen molar-refractivity contribution in [2.45, 2.75) is 73.3 Å². The Morgan fingerprint density at radius 3 is 2.40 bits per heavy atom. The highest BCUT2D eigenvalue weighted by molar-refractivity contribution is 6.05. The van der Waals surface area contributed by atoms with Gasteiger partial charge in [0, 0.05) is 23.3 Å². The predicted octanol–water partition coefficient (Wildman–Crippen LogP) is 5.15. The maximum atomic E-state index is 12.8. The number of benzene rings is 1. The van der Waals surface area contributed by atoms with Gasteiger partial charge in [0.15, 0.2) is 12.1 Å². The van der Waals surface area contributed by atoms with Gasteiger partial charge in [-0.3, -0.25) is 9.59 Å². The zero-order valence-corrected chi connectivity index (χ0v) is 18.9. The number of aromatic hydroxyl groups is 2. The van der Waals surface area contributed by atoms with Gasteiger partial charge in [0.25, 0.3) is 0 Å². The molecule has 0 amide bonds. The van der Waals surface area contributed by atoms with Crippen molar-refractivity contribution >= 4 is 12.1 Å². The van der Waals surface area contributed by atoms with Crippen molar-refractivity contribution in [1.29, 1.82) is 0 Å². The van der Waals surface area contributed by atoms with E-state index in [0.717, 1.165) is 12.8 Å². The van der Waals surface area contributed by atoms with Crippen LogP contribution in [0.25, 0.3) is 0 Å². The topological polar surface area (TPSA) is 83.8 Å². The number of ether oxygens (including phenoxy) is 1. The second kappa shape index (κ2) is 6.73. The summed E-state index contributed by atoms with van der Waals surface area (Å²) in [5, 5.41) is 21.9. The van der Waals surface area contributed by atoms with Crippen LogP contribution < -0.4 is 4.74 Å². The van der Waals surface area contributed by atoms with Crippen LogP contribution in [0.4, 0.5) is 0 Å². The molecule has 0 radical (unpaired) electrons. The molecule has 2 N–H and O–H groups in total. The molecule has 164 valence electrons. The number of hydrogen-bond donors (Lipinski definition) is 2. The molecular formula is C25H34O5. The summed E-state index contributed by atoms with van der Waals surface area (Å²) in [6, 6.07) is 0. The lowest BCUT2D eigenvalue weighted by Crippen LogP contribution is -2.67. The second-order valence-electron chi connectivity index (χ2n) is 11.1. The van der Waals surface area contributed by atoms with E-state index < -0.39 is 5.75 Å². The van der Waals surface area contributed by atoms with Gasteiger partial charge in [-0.15, -0.1) is 0 Å². The van der Waals surface area contributed by atoms with Crippen molar-refractivity contribution in [3.05, 3.63) is 16.7 Å². The summed E-state index contributed by atoms with van der Waals surface area (Å²) in [7, 11) is 0. The average molecular weight is 415 g/mol. The van der Waals surface area contributed by atoms with E-state index in [9.17, 15) is 19.8 Å². The van der Waals surface area contributed by atoms with E-state index in [1.807, 2.05) is 13.8 Å². The zero-order chi connectivity index (χ0) is 22.2. The Hall–Kier alpha value is -2.04. The molecular weight excluding hydrogens is 380 g/mol. The maximum Gasteiger partial charge on any atom is 0.170 e. The molecule has 5 rings (SSSR count). The standard InChI is InChI=1S/C25H34O5/c1-12(2)7-18(27)19-20(28)15-10-25(13(3)4)9-14-8-17(24(14,5)6)23(25)30-22(15)16(11-26)21(19)29/h11-14,17,23,28-29H,7-10H2,1-6H3/t14-,17-,23-,25-/m1/s1. The van der Waals surface area contributed by atoms with Gasteiger partial charge < -0.3 is 14.9 Å². The van der Waals surface area contributed by atoms with E-state index in [4.69, 9.17) is 4.74 Å². The average Bonchev–Trinajstić information content (AvgIpc) is 2.65. The molecule has 1 aromatic rings. The summed E-state index contributed by atoms with van der Waals surface area (Å²) in [5.74, 6) is 0.627. The highest BCUT2D eigenvalue weighted by Crippen LogP contribution is 2.69. The number of aldehydes is 1. The van der Waals surface area contributed by atoms with Gasteiger partial charge in [0.2, 0.25) is 0 Å². The first kappa shape index (κ1) is 21.2. The van der Waals surface area contributed by atoms with Gasteiger partial charge in [-0.05, 0) is 42.4 Å². The minimum atomic E-state index is -0.453. The van der Waals surface area contributed by atoms with Crippen LogP contribution in [0.2, 0.25) is 0 Å². The molecule has 5 nitrogen and oxygen atoms in total. The Kier molecular flexibility index (Phi) is 4.76. The predicted molar refractivity (Wildman–Crippen MR) is 114 cm³/mol. The number of hydrogen-bond acceptors (Lipinski definition) is 5. The number of carbonyl (C=O) groups is 2. The van der Waals surface area contributed by atoms with Gasteiger partial charge in [-0.2, -0.15) is 0 Å². The summed E-state index contributed by atoms with van der Waals surface area (Å²) in [6.07, 6.45) is 3.35. The zero-order valence-electron chi connectivity index (χ0n) is 18.9. The van der Waals surface area contributed by atoms with Crippen LogP contribution in [0.1, 0.15) is 87.1 Å². The van der Waals surface area contributed by atoms with Gasteiger partial charge in [0.1, 0.15) is 28.9 Å². The fourth-order valence-corrected chi connectivity index (χ4v) is 6.41. The molecule has 0 unspecified atom stereocenters. The monoisotopic (exact) mass is 414 g/mol. The summed E-state index contributed by atoms with van der Waals surface area (Å²) >= 11 is 0. The van der Waals surface area contributed by atoms with E-state index in [0.29, 0.717) is 36.0 Å². The van der Waals surface area contributed by atoms with Crippen LogP contribution in [0.3, 0.4) is 0 Å². The Labute approximate surface area is 178 Å². The summed E-state index contributed by atoms with van der Waals surface area (Å²) < 4.78 is 6.52. The molecule has 4 atom stereocenters. The third kappa shape index (κ3) is 2.66. The number of fused-ring (bicyclic) bond motifs is 1. The first-order valence-electron chi connectivity index (χ1n) is 11.2. The first-order chi connectivity index (χ1) is 14.0. The third-order valence-corrected chi connectivity index (χ3v) is 8.53. The fourth-order valence-electron chi connectivity index (χ4n) is 6.41. The molecule has 2 bridgehead atoms. The van der Waals surface area contributed by atoms with Gasteiger partial charge in [0.05, 0.1) is 5.56 Å². The van der Waals surface area contributed by atoms with Crippen molar-refractivity contribution in [2.24, 2.45) is 34.5 Å². The molecule has 5 heteroatoms. The van der Waals surface area contributed by atoms with Crippen molar-refractivity contribution in [1.82, 2.24) is 0 Å². The number of rotatable bonds is 5. The summed E-state index contributed by atoms with van der Waals surface area (Å²) in [6.45, 7) is 12.8. The lowest BCUT2D eigenvalue weighted by atomic mass is 9.39. The van der Waals surface area contributed by atoms with Crippen LogP contribution in [-0.2, 0) is 6.42 Å². The number of phenolic OH excluding ortho intramolecular Hbond substituents is 2. The van der Waals surface area contributed by atoms with Crippen LogP contribution in [0.5, 0.6) is 17.2 Å². The molecule has 4 aliphatic rings. The lowest BCUT2D eigenvalue weighted by Gasteiger charge is -2.68. The molecule has 3 fully saturated rings. The van der Waals surface area contributed by atoms with Crippen molar-refractivity contribution in [3.63, 3.8) is 0 Å². The van der Waals surface area contributed by atoms with Crippen molar-refractivity contribution in [3.8, 4) is 17.2 Å². The molecule has 1 aliphatic heterocycles. The van der Waals surface area contributed by atoms with Crippen LogP contribution >= 0.6 is 0 Å². The summed E-state index contributed by atoms with van der Waals surface area (Å²) in [4.78, 5) is 24.8. The van der Waals surface area contributed by atoms with Crippen LogP contribution in [-0.4, -0.2) is 28.4 Å². The third-order valence-electron chi connectivity index (χ3n) is 8.53. The lowest BCUT2D eigenvalue weighted by molar-refractivity contribution is -0.218. The number of phenols is 2. The molecule has 0 aromatic heterocycles. The van der Waals surface area contributed by atoms with Crippen LogP contribution in [0, 0.1) is 34.5 Å². The molecule has 3 saturated carbocycles. The largest absolute Gasteiger partial charge is 0.507 e. The first-order valence-corrected chi connectivity index (χ1v) is 11.2. The van der Waals surface area contributed by atoms with Gasteiger partial charge in [-0.1, -0.05) is 41.5 Å². The number of Topliss-reactive ketones (excluding diaryl/α,β-unsaturated/α-hetero) is 1. The summed E-state index contributed by atoms with van der Waals surface area (Å²) in [5.41, 5.74) is 0.395. The van der Waals surface area contributed by atoms with Gasteiger partial charge >= 0.3 is 0 Å². The normalized spacial score (nSPS) is 30.9. The van der Waals surface area contributed by atoms with Crippen LogP contribution in [0.15, 0.2) is 0 Å². The Balaban J connectivity index is 1.89. The highest BCUT2D eigenvalue weighted by atomic mass is 16.5. The Morgan fingerprint density at radius 1 is 1.20 bits per heavy atom. The van der Waals surface area contributed by atoms with Gasteiger partial charge in [-0.25, -0.2) is 0 Å². The minimum absolute atomic E-state index is 0.00786. The van der Waals surface area contributed by atoms with Crippen molar-refractivity contribution < 1.29 is 24.5 Å².